The monoisotopic (exact) mass is 240 g/mol. The molecule has 1 fully saturated rings. The van der Waals surface area contributed by atoms with Gasteiger partial charge in [0, 0.05) is 12.6 Å². The van der Waals surface area contributed by atoms with Gasteiger partial charge in [0.2, 0.25) is 5.91 Å². The number of hydrogen-bond acceptors (Lipinski definition) is 2. The molecular formula is C14H28N2O. The van der Waals surface area contributed by atoms with E-state index in [-0.39, 0.29) is 11.9 Å². The van der Waals surface area contributed by atoms with Gasteiger partial charge in [-0.15, -0.1) is 0 Å². The molecule has 0 aromatic carbocycles. The van der Waals surface area contributed by atoms with Crippen LogP contribution in [0.2, 0.25) is 0 Å². The molecule has 0 radical (unpaired) electrons. The second kappa shape index (κ2) is 7.00. The normalized spacial score (nSPS) is 22.9. The van der Waals surface area contributed by atoms with Gasteiger partial charge in [-0.3, -0.25) is 4.79 Å². The zero-order valence-corrected chi connectivity index (χ0v) is 11.6. The predicted octanol–water partition coefficient (Wildman–Crippen LogP) is 2.54. The van der Waals surface area contributed by atoms with Gasteiger partial charge in [0.15, 0.2) is 0 Å². The number of nitrogens with zero attached hydrogens (tertiary/aromatic N) is 1. The predicted molar refractivity (Wildman–Crippen MR) is 71.7 cm³/mol. The minimum Gasteiger partial charge on any atom is -0.338 e. The van der Waals surface area contributed by atoms with Crippen LogP contribution < -0.4 is 5.73 Å². The fourth-order valence-electron chi connectivity index (χ4n) is 2.75. The van der Waals surface area contributed by atoms with Crippen molar-refractivity contribution in [2.45, 2.75) is 71.4 Å². The topological polar surface area (TPSA) is 46.3 Å². The Morgan fingerprint density at radius 3 is 2.71 bits per heavy atom. The van der Waals surface area contributed by atoms with Crippen LogP contribution in [0.5, 0.6) is 0 Å². The second-order valence-corrected chi connectivity index (χ2v) is 5.71. The van der Waals surface area contributed by atoms with Crippen LogP contribution in [0, 0.1) is 5.92 Å². The smallest absolute Gasteiger partial charge is 0.239 e. The van der Waals surface area contributed by atoms with Crippen molar-refractivity contribution in [2.75, 3.05) is 6.54 Å². The SMILES string of the molecule is CCCC1CCCCN1C(=O)C(N)CC(C)C. The summed E-state index contributed by atoms with van der Waals surface area (Å²) in [7, 11) is 0. The Labute approximate surface area is 106 Å². The van der Waals surface area contributed by atoms with Crippen molar-refractivity contribution in [3.8, 4) is 0 Å². The van der Waals surface area contributed by atoms with Gasteiger partial charge < -0.3 is 10.6 Å². The number of carbonyl (C=O) groups is 1. The third kappa shape index (κ3) is 4.30. The van der Waals surface area contributed by atoms with Gasteiger partial charge >= 0.3 is 0 Å². The standard InChI is InChI=1S/C14H28N2O/c1-4-7-12-8-5-6-9-16(12)14(17)13(15)10-11(2)3/h11-13H,4-10,15H2,1-3H3. The lowest BCUT2D eigenvalue weighted by molar-refractivity contribution is -0.136. The summed E-state index contributed by atoms with van der Waals surface area (Å²) in [4.78, 5) is 14.4. The molecular weight excluding hydrogens is 212 g/mol. The highest BCUT2D eigenvalue weighted by Crippen LogP contribution is 2.22. The quantitative estimate of drug-likeness (QED) is 0.802. The molecule has 2 unspecified atom stereocenters. The molecule has 2 atom stereocenters. The van der Waals surface area contributed by atoms with Crippen LogP contribution in [0.4, 0.5) is 0 Å². The van der Waals surface area contributed by atoms with Crippen molar-refractivity contribution < 1.29 is 4.79 Å². The summed E-state index contributed by atoms with van der Waals surface area (Å²) in [5, 5.41) is 0. The zero-order valence-electron chi connectivity index (χ0n) is 11.6. The maximum Gasteiger partial charge on any atom is 0.239 e. The molecule has 1 saturated heterocycles. The summed E-state index contributed by atoms with van der Waals surface area (Å²) in [6, 6.07) is 0.145. The molecule has 0 bridgehead atoms. The highest BCUT2D eigenvalue weighted by atomic mass is 16.2. The summed E-state index contributed by atoms with van der Waals surface area (Å²) >= 11 is 0. The van der Waals surface area contributed by atoms with Gasteiger partial charge in [-0.1, -0.05) is 27.2 Å². The third-order valence-corrected chi connectivity index (χ3v) is 3.57. The van der Waals surface area contributed by atoms with Crippen LogP contribution >= 0.6 is 0 Å². The Morgan fingerprint density at radius 2 is 2.12 bits per heavy atom. The number of amides is 1. The van der Waals surface area contributed by atoms with Gasteiger partial charge in [0.1, 0.15) is 0 Å². The molecule has 1 aliphatic rings. The van der Waals surface area contributed by atoms with Gasteiger partial charge in [-0.05, 0) is 38.0 Å². The van der Waals surface area contributed by atoms with E-state index in [0.717, 1.165) is 38.6 Å². The van der Waals surface area contributed by atoms with Crippen LogP contribution in [0.25, 0.3) is 0 Å². The largest absolute Gasteiger partial charge is 0.338 e. The van der Waals surface area contributed by atoms with E-state index in [1.165, 1.54) is 6.42 Å². The van der Waals surface area contributed by atoms with Crippen LogP contribution in [0.15, 0.2) is 0 Å². The average molecular weight is 240 g/mol. The van der Waals surface area contributed by atoms with E-state index in [4.69, 9.17) is 5.73 Å². The van der Waals surface area contributed by atoms with E-state index in [1.54, 1.807) is 0 Å². The third-order valence-electron chi connectivity index (χ3n) is 3.57. The van der Waals surface area contributed by atoms with E-state index >= 15 is 0 Å². The molecule has 0 aliphatic carbocycles. The molecule has 100 valence electrons. The first-order valence-corrected chi connectivity index (χ1v) is 7.12. The molecule has 1 rings (SSSR count). The second-order valence-electron chi connectivity index (χ2n) is 5.71. The number of hydrogen-bond donors (Lipinski definition) is 1. The molecule has 1 heterocycles. The molecule has 0 aromatic rings. The maximum absolute atomic E-state index is 12.3. The lowest BCUT2D eigenvalue weighted by Crippen LogP contribution is -2.51. The zero-order chi connectivity index (χ0) is 12.8. The van der Waals surface area contributed by atoms with Gasteiger partial charge in [-0.2, -0.15) is 0 Å². The molecule has 1 amide bonds. The molecule has 0 aromatic heterocycles. The van der Waals surface area contributed by atoms with Crippen molar-refractivity contribution in [1.82, 2.24) is 4.90 Å². The molecule has 0 saturated carbocycles. The Morgan fingerprint density at radius 1 is 1.41 bits per heavy atom. The number of likely N-dealkylation sites (tertiary alicyclic amines) is 1. The van der Waals surface area contributed by atoms with E-state index < -0.39 is 0 Å². The van der Waals surface area contributed by atoms with Crippen LogP contribution in [-0.4, -0.2) is 29.4 Å². The highest BCUT2D eigenvalue weighted by molar-refractivity contribution is 5.82. The van der Waals surface area contributed by atoms with Crippen molar-refractivity contribution in [1.29, 1.82) is 0 Å². The fourth-order valence-corrected chi connectivity index (χ4v) is 2.75. The van der Waals surface area contributed by atoms with Crippen molar-refractivity contribution in [2.24, 2.45) is 11.7 Å². The Hall–Kier alpha value is -0.570. The van der Waals surface area contributed by atoms with Crippen molar-refractivity contribution in [3.63, 3.8) is 0 Å². The number of rotatable bonds is 5. The van der Waals surface area contributed by atoms with Crippen LogP contribution in [-0.2, 0) is 4.79 Å². The Bertz CT molecular complexity index is 238. The van der Waals surface area contributed by atoms with Crippen molar-refractivity contribution >= 4 is 5.91 Å². The summed E-state index contributed by atoms with van der Waals surface area (Å²) in [6.07, 6.45) is 6.63. The summed E-state index contributed by atoms with van der Waals surface area (Å²) in [6.45, 7) is 7.33. The molecule has 2 N–H and O–H groups in total. The maximum atomic E-state index is 12.3. The van der Waals surface area contributed by atoms with Gasteiger partial charge in [0.05, 0.1) is 6.04 Å². The Kier molecular flexibility index (Phi) is 5.96. The van der Waals surface area contributed by atoms with E-state index in [2.05, 4.69) is 25.7 Å². The van der Waals surface area contributed by atoms with Crippen molar-refractivity contribution in [3.05, 3.63) is 0 Å². The summed E-state index contributed by atoms with van der Waals surface area (Å²) in [5.74, 6) is 0.667. The number of piperidine rings is 1. The fraction of sp³-hybridized carbons (Fsp3) is 0.929. The lowest BCUT2D eigenvalue weighted by atomic mass is 9.96. The van der Waals surface area contributed by atoms with E-state index in [1.807, 2.05) is 0 Å². The lowest BCUT2D eigenvalue weighted by Gasteiger charge is -2.37. The molecule has 1 aliphatic heterocycles. The molecule has 0 spiro atoms. The minimum atomic E-state index is -0.299. The summed E-state index contributed by atoms with van der Waals surface area (Å²) < 4.78 is 0. The minimum absolute atomic E-state index is 0.178. The first-order chi connectivity index (χ1) is 8.06. The van der Waals surface area contributed by atoms with Crippen LogP contribution in [0.3, 0.4) is 0 Å². The number of carbonyl (C=O) groups excluding carboxylic acids is 1. The van der Waals surface area contributed by atoms with E-state index in [9.17, 15) is 4.79 Å². The molecule has 17 heavy (non-hydrogen) atoms. The highest BCUT2D eigenvalue weighted by Gasteiger charge is 2.29. The first-order valence-electron chi connectivity index (χ1n) is 7.12. The Balaban J connectivity index is 2.57. The first kappa shape index (κ1) is 14.5. The summed E-state index contributed by atoms with van der Waals surface area (Å²) in [5.41, 5.74) is 6.02. The van der Waals surface area contributed by atoms with Gasteiger partial charge in [0.25, 0.3) is 0 Å². The van der Waals surface area contributed by atoms with Gasteiger partial charge in [-0.25, -0.2) is 0 Å². The van der Waals surface area contributed by atoms with Crippen LogP contribution in [0.1, 0.15) is 59.3 Å². The van der Waals surface area contributed by atoms with E-state index in [0.29, 0.717) is 12.0 Å². The molecule has 3 heteroatoms. The average Bonchev–Trinajstić information content (AvgIpc) is 2.28. The number of nitrogens with two attached hydrogens (primary N) is 1. The molecule has 3 nitrogen and oxygen atoms in total.